The van der Waals surface area contributed by atoms with Gasteiger partial charge in [-0.1, -0.05) is 60.9 Å². The molecular weight excluding hydrogens is 524 g/mol. The van der Waals surface area contributed by atoms with E-state index in [0.717, 1.165) is 0 Å². The molecule has 0 aliphatic rings. The van der Waals surface area contributed by atoms with Crippen LogP contribution in [0.2, 0.25) is 5.02 Å². The highest BCUT2D eigenvalue weighted by Crippen LogP contribution is 2.32. The number of anilines is 2. The summed E-state index contributed by atoms with van der Waals surface area (Å²) in [6, 6.07) is 20.6. The Labute approximate surface area is 228 Å². The number of amides is 3. The minimum atomic E-state index is -1.14. The van der Waals surface area contributed by atoms with Gasteiger partial charge >= 0.3 is 12.0 Å². The summed E-state index contributed by atoms with van der Waals surface area (Å²) in [4.78, 5) is 36.4. The first kappa shape index (κ1) is 27.2. The number of hydrogen-bond acceptors (Lipinski definition) is 6. The number of carboxylic acid groups (broad SMARTS) is 1. The van der Waals surface area contributed by atoms with Gasteiger partial charge in [-0.2, -0.15) is 0 Å². The molecule has 4 N–H and O–H groups in total. The van der Waals surface area contributed by atoms with E-state index in [9.17, 15) is 19.5 Å². The lowest BCUT2D eigenvalue weighted by atomic mass is 10.0. The molecule has 0 radical (unpaired) electrons. The van der Waals surface area contributed by atoms with Gasteiger partial charge in [0.05, 0.1) is 5.69 Å². The maximum absolute atomic E-state index is 12.7. The van der Waals surface area contributed by atoms with Gasteiger partial charge in [-0.25, -0.2) is 9.59 Å². The molecule has 0 saturated heterocycles. The highest BCUT2D eigenvalue weighted by atomic mass is 35.5. The van der Waals surface area contributed by atoms with Crippen LogP contribution in [0.5, 0.6) is 11.5 Å². The SMILES string of the molecule is CC(C)[C@H](NC(=O)c1cc(-c2ccc(NC(=O)Nc3cc(Cl)ccc3Oc3ccccc3)cc2)no1)C(=O)O. The fourth-order valence-corrected chi connectivity index (χ4v) is 3.73. The lowest BCUT2D eigenvalue weighted by Gasteiger charge is -2.16. The van der Waals surface area contributed by atoms with Gasteiger partial charge in [0.1, 0.15) is 17.5 Å². The zero-order valence-electron chi connectivity index (χ0n) is 21.0. The molecule has 4 rings (SSSR count). The van der Waals surface area contributed by atoms with Crippen molar-refractivity contribution in [2.75, 3.05) is 10.6 Å². The molecule has 0 aliphatic heterocycles. The summed E-state index contributed by atoms with van der Waals surface area (Å²) in [6.45, 7) is 3.38. The molecule has 3 amide bonds. The van der Waals surface area contributed by atoms with E-state index >= 15 is 0 Å². The number of aromatic nitrogens is 1. The number of nitrogens with zero attached hydrogens (tertiary/aromatic N) is 1. The van der Waals surface area contributed by atoms with Crippen LogP contribution in [0.15, 0.2) is 83.4 Å². The van der Waals surface area contributed by atoms with Gasteiger partial charge in [-0.15, -0.1) is 0 Å². The van der Waals surface area contributed by atoms with Crippen molar-refractivity contribution in [1.82, 2.24) is 10.5 Å². The number of ether oxygens (including phenoxy) is 1. The third kappa shape index (κ3) is 7.14. The van der Waals surface area contributed by atoms with E-state index in [-0.39, 0.29) is 11.7 Å². The van der Waals surface area contributed by atoms with Crippen LogP contribution in [0, 0.1) is 5.92 Å². The zero-order valence-corrected chi connectivity index (χ0v) is 21.7. The second-order valence-corrected chi connectivity index (χ2v) is 9.26. The number of para-hydroxylation sites is 1. The highest BCUT2D eigenvalue weighted by molar-refractivity contribution is 6.31. The van der Waals surface area contributed by atoms with E-state index in [1.165, 1.54) is 6.07 Å². The number of rotatable bonds is 9. The van der Waals surface area contributed by atoms with Crippen molar-refractivity contribution in [3.05, 3.63) is 89.6 Å². The van der Waals surface area contributed by atoms with Crippen LogP contribution < -0.4 is 20.7 Å². The minimum absolute atomic E-state index is 0.117. The number of halogens is 1. The van der Waals surface area contributed by atoms with E-state index in [4.69, 9.17) is 20.9 Å². The molecule has 0 unspecified atom stereocenters. The molecular formula is C28H25ClN4O6. The van der Waals surface area contributed by atoms with E-state index in [0.29, 0.717) is 39.2 Å². The number of benzene rings is 3. The summed E-state index contributed by atoms with van der Waals surface area (Å²) in [5.74, 6) is -1.22. The van der Waals surface area contributed by atoms with Gasteiger partial charge in [0.25, 0.3) is 5.91 Å². The van der Waals surface area contributed by atoms with E-state index in [2.05, 4.69) is 21.1 Å². The number of aliphatic carboxylic acids is 1. The van der Waals surface area contributed by atoms with Crippen LogP contribution in [-0.4, -0.2) is 34.2 Å². The molecule has 0 fully saturated rings. The summed E-state index contributed by atoms with van der Waals surface area (Å²) in [5.41, 5.74) is 1.87. The first-order valence-electron chi connectivity index (χ1n) is 11.9. The molecule has 200 valence electrons. The Bertz CT molecular complexity index is 1470. The Balaban J connectivity index is 1.39. The van der Waals surface area contributed by atoms with Crippen LogP contribution in [0.3, 0.4) is 0 Å². The smallest absolute Gasteiger partial charge is 0.326 e. The molecule has 0 saturated carbocycles. The van der Waals surface area contributed by atoms with Gasteiger partial charge < -0.3 is 30.3 Å². The van der Waals surface area contributed by atoms with Crippen molar-refractivity contribution in [2.45, 2.75) is 19.9 Å². The Morgan fingerprint density at radius 2 is 1.67 bits per heavy atom. The van der Waals surface area contributed by atoms with Gasteiger partial charge in [-0.05, 0) is 48.4 Å². The van der Waals surface area contributed by atoms with Crippen molar-refractivity contribution in [2.24, 2.45) is 5.92 Å². The minimum Gasteiger partial charge on any atom is -0.480 e. The Hall–Kier alpha value is -4.83. The lowest BCUT2D eigenvalue weighted by molar-refractivity contribution is -0.140. The fraction of sp³-hybridized carbons (Fsp3) is 0.143. The molecule has 1 aromatic heterocycles. The normalized spacial score (nSPS) is 11.5. The molecule has 11 heteroatoms. The molecule has 1 atom stereocenters. The van der Waals surface area contributed by atoms with Crippen LogP contribution in [0.1, 0.15) is 24.4 Å². The highest BCUT2D eigenvalue weighted by Gasteiger charge is 2.26. The predicted molar refractivity (Wildman–Crippen MR) is 146 cm³/mol. The third-order valence-electron chi connectivity index (χ3n) is 5.55. The van der Waals surface area contributed by atoms with Crippen molar-refractivity contribution >= 4 is 40.9 Å². The van der Waals surface area contributed by atoms with Crippen LogP contribution in [0.4, 0.5) is 16.2 Å². The number of carboxylic acids is 1. The number of hydrogen-bond donors (Lipinski definition) is 4. The average molecular weight is 549 g/mol. The maximum Gasteiger partial charge on any atom is 0.326 e. The Morgan fingerprint density at radius 3 is 2.33 bits per heavy atom. The van der Waals surface area contributed by atoms with Crippen molar-refractivity contribution < 1.29 is 28.8 Å². The summed E-state index contributed by atoms with van der Waals surface area (Å²) < 4.78 is 11.0. The number of urea groups is 1. The van der Waals surface area contributed by atoms with Crippen molar-refractivity contribution in [3.8, 4) is 22.8 Å². The van der Waals surface area contributed by atoms with E-state index < -0.39 is 23.9 Å². The molecule has 0 spiro atoms. The Morgan fingerprint density at radius 1 is 0.949 bits per heavy atom. The first-order valence-corrected chi connectivity index (χ1v) is 12.3. The monoisotopic (exact) mass is 548 g/mol. The quantitative estimate of drug-likeness (QED) is 0.193. The number of carbonyl (C=O) groups excluding carboxylic acids is 2. The van der Waals surface area contributed by atoms with Gasteiger partial charge in [0.2, 0.25) is 5.76 Å². The van der Waals surface area contributed by atoms with E-state index in [1.807, 2.05) is 18.2 Å². The first-order chi connectivity index (χ1) is 18.7. The van der Waals surface area contributed by atoms with Crippen LogP contribution in [-0.2, 0) is 4.79 Å². The summed E-state index contributed by atoms with van der Waals surface area (Å²) in [6.07, 6.45) is 0. The van der Waals surface area contributed by atoms with Gasteiger partial charge in [-0.3, -0.25) is 4.79 Å². The standard InChI is InChI=1S/C28H25ClN4O6/c1-16(2)25(27(35)36)32-26(34)24-15-21(33-39-24)17-8-11-19(12-9-17)30-28(37)31-22-14-18(29)10-13-23(22)38-20-6-4-3-5-7-20/h3-16,25H,1-2H3,(H,32,34)(H,35,36)(H2,30,31,37)/t25-/m0/s1. The van der Waals surface area contributed by atoms with Crippen molar-refractivity contribution in [1.29, 1.82) is 0 Å². The lowest BCUT2D eigenvalue weighted by Crippen LogP contribution is -2.44. The molecule has 1 heterocycles. The van der Waals surface area contributed by atoms with E-state index in [1.54, 1.807) is 68.4 Å². The molecule has 3 aromatic carbocycles. The average Bonchev–Trinajstić information content (AvgIpc) is 3.40. The summed E-state index contributed by atoms with van der Waals surface area (Å²) in [7, 11) is 0. The fourth-order valence-electron chi connectivity index (χ4n) is 3.56. The molecule has 4 aromatic rings. The number of nitrogens with one attached hydrogen (secondary N) is 3. The Kier molecular flexibility index (Phi) is 8.47. The summed E-state index contributed by atoms with van der Waals surface area (Å²) in [5, 5.41) is 21.5. The molecule has 39 heavy (non-hydrogen) atoms. The van der Waals surface area contributed by atoms with Crippen LogP contribution >= 0.6 is 11.6 Å². The maximum atomic E-state index is 12.7. The second-order valence-electron chi connectivity index (χ2n) is 8.82. The van der Waals surface area contributed by atoms with Crippen LogP contribution in [0.25, 0.3) is 11.3 Å². The number of carbonyl (C=O) groups is 3. The van der Waals surface area contributed by atoms with Gasteiger partial charge in [0, 0.05) is 22.3 Å². The topological polar surface area (TPSA) is 143 Å². The zero-order chi connectivity index (χ0) is 27.9. The molecule has 0 bridgehead atoms. The third-order valence-corrected chi connectivity index (χ3v) is 5.79. The second kappa shape index (κ2) is 12.1. The molecule has 10 nitrogen and oxygen atoms in total. The van der Waals surface area contributed by atoms with Gasteiger partial charge in [0.15, 0.2) is 5.75 Å². The summed E-state index contributed by atoms with van der Waals surface area (Å²) >= 11 is 6.12. The van der Waals surface area contributed by atoms with Crippen molar-refractivity contribution in [3.63, 3.8) is 0 Å². The predicted octanol–water partition coefficient (Wildman–Crippen LogP) is 6.27. The molecule has 0 aliphatic carbocycles. The largest absolute Gasteiger partial charge is 0.480 e.